The Morgan fingerprint density at radius 1 is 0.279 bits per heavy atom. The number of nitrogens with zero attached hydrogens (tertiary/aromatic N) is 3. The van der Waals surface area contributed by atoms with Crippen LogP contribution in [0.25, 0.3) is 44.8 Å². The summed E-state index contributed by atoms with van der Waals surface area (Å²) in [6.45, 7) is 0. The van der Waals surface area contributed by atoms with E-state index in [0.29, 0.717) is 0 Å². The monoisotopic (exact) mass is 551 g/mol. The van der Waals surface area contributed by atoms with Gasteiger partial charge in [-0.2, -0.15) is 0 Å². The van der Waals surface area contributed by atoms with Crippen molar-refractivity contribution in [2.45, 2.75) is 0 Å². The standard InChI is InChI=1S/C40H29N3/c1-4-10-30(11-5-1)32-16-22-36(23-17-32)43(37-24-18-33(19-25-37)31-12-6-2-7-13-31)38-26-20-35(21-27-38)40-39(41-28-29-42-40)34-14-8-3-9-15-34/h1-29H. The van der Waals surface area contributed by atoms with Crippen molar-refractivity contribution in [2.24, 2.45) is 0 Å². The lowest BCUT2D eigenvalue weighted by Gasteiger charge is -2.26. The molecular weight excluding hydrogens is 522 g/mol. The fourth-order valence-corrected chi connectivity index (χ4v) is 5.44. The van der Waals surface area contributed by atoms with E-state index in [1.807, 2.05) is 30.3 Å². The summed E-state index contributed by atoms with van der Waals surface area (Å²) in [5, 5.41) is 0. The Hall–Kier alpha value is -5.80. The van der Waals surface area contributed by atoms with Gasteiger partial charge in [-0.1, -0.05) is 127 Å². The highest BCUT2D eigenvalue weighted by molar-refractivity contribution is 5.83. The molecule has 204 valence electrons. The molecule has 3 nitrogen and oxygen atoms in total. The first-order valence-electron chi connectivity index (χ1n) is 14.4. The summed E-state index contributed by atoms with van der Waals surface area (Å²) in [4.78, 5) is 11.7. The van der Waals surface area contributed by atoms with E-state index >= 15 is 0 Å². The van der Waals surface area contributed by atoms with Crippen LogP contribution in [0.3, 0.4) is 0 Å². The van der Waals surface area contributed by atoms with Crippen LogP contribution in [0.5, 0.6) is 0 Å². The minimum Gasteiger partial charge on any atom is -0.311 e. The van der Waals surface area contributed by atoms with Gasteiger partial charge in [0.2, 0.25) is 0 Å². The zero-order valence-electron chi connectivity index (χ0n) is 23.6. The summed E-state index contributed by atoms with van der Waals surface area (Å²) in [7, 11) is 0. The highest BCUT2D eigenvalue weighted by atomic mass is 15.1. The molecule has 0 atom stereocenters. The van der Waals surface area contributed by atoms with Gasteiger partial charge in [-0.15, -0.1) is 0 Å². The second kappa shape index (κ2) is 12.0. The van der Waals surface area contributed by atoms with Gasteiger partial charge >= 0.3 is 0 Å². The van der Waals surface area contributed by atoms with E-state index in [1.165, 1.54) is 22.3 Å². The molecule has 0 saturated heterocycles. The lowest BCUT2D eigenvalue weighted by molar-refractivity contribution is 1.21. The third kappa shape index (κ3) is 5.57. The van der Waals surface area contributed by atoms with Gasteiger partial charge in [0.05, 0.1) is 11.4 Å². The van der Waals surface area contributed by atoms with Crippen molar-refractivity contribution in [3.63, 3.8) is 0 Å². The summed E-state index contributed by atoms with van der Waals surface area (Å²) < 4.78 is 0. The highest BCUT2D eigenvalue weighted by Crippen LogP contribution is 2.38. The van der Waals surface area contributed by atoms with E-state index in [-0.39, 0.29) is 0 Å². The molecule has 0 aliphatic rings. The zero-order valence-corrected chi connectivity index (χ0v) is 23.6. The average Bonchev–Trinajstić information content (AvgIpc) is 3.10. The van der Waals surface area contributed by atoms with Crippen molar-refractivity contribution < 1.29 is 0 Å². The molecule has 7 rings (SSSR count). The normalized spacial score (nSPS) is 10.8. The van der Waals surface area contributed by atoms with Crippen molar-refractivity contribution in [1.82, 2.24) is 9.97 Å². The third-order valence-electron chi connectivity index (χ3n) is 7.61. The van der Waals surface area contributed by atoms with Gasteiger partial charge in [0.1, 0.15) is 0 Å². The fraction of sp³-hybridized carbons (Fsp3) is 0. The van der Waals surface area contributed by atoms with E-state index in [2.05, 4.69) is 143 Å². The van der Waals surface area contributed by atoms with Gasteiger partial charge in [0.25, 0.3) is 0 Å². The Morgan fingerprint density at radius 3 is 0.930 bits per heavy atom. The fourth-order valence-electron chi connectivity index (χ4n) is 5.44. The Bertz CT molecular complexity index is 1830. The Morgan fingerprint density at radius 2 is 0.558 bits per heavy atom. The molecule has 0 amide bonds. The summed E-state index contributed by atoms with van der Waals surface area (Å²) in [5.74, 6) is 0. The number of hydrogen-bond acceptors (Lipinski definition) is 3. The topological polar surface area (TPSA) is 29.0 Å². The van der Waals surface area contributed by atoms with Crippen LogP contribution in [0.4, 0.5) is 17.1 Å². The van der Waals surface area contributed by atoms with Gasteiger partial charge in [-0.05, 0) is 58.7 Å². The smallest absolute Gasteiger partial charge is 0.0965 e. The van der Waals surface area contributed by atoms with Crippen LogP contribution in [-0.4, -0.2) is 9.97 Å². The van der Waals surface area contributed by atoms with Crippen molar-refractivity contribution in [3.8, 4) is 44.8 Å². The number of benzene rings is 6. The van der Waals surface area contributed by atoms with Crippen LogP contribution < -0.4 is 4.90 Å². The molecule has 0 saturated carbocycles. The molecule has 0 fully saturated rings. The van der Waals surface area contributed by atoms with E-state index < -0.39 is 0 Å². The highest BCUT2D eigenvalue weighted by Gasteiger charge is 2.15. The molecule has 0 aliphatic heterocycles. The molecule has 0 unspecified atom stereocenters. The minimum atomic E-state index is 0.867. The molecule has 1 heterocycles. The zero-order chi connectivity index (χ0) is 28.8. The van der Waals surface area contributed by atoms with Gasteiger partial charge in [0, 0.05) is 40.6 Å². The first-order valence-corrected chi connectivity index (χ1v) is 14.4. The second-order valence-electron chi connectivity index (χ2n) is 10.3. The third-order valence-corrected chi connectivity index (χ3v) is 7.61. The predicted octanol–water partition coefficient (Wildman–Crippen LogP) is 10.6. The molecule has 3 heteroatoms. The van der Waals surface area contributed by atoms with Gasteiger partial charge in [-0.25, -0.2) is 0 Å². The molecule has 6 aromatic carbocycles. The Kier molecular flexibility index (Phi) is 7.27. The molecule has 0 bridgehead atoms. The molecular formula is C40H29N3. The molecule has 0 aliphatic carbocycles. The maximum atomic E-state index is 4.72. The van der Waals surface area contributed by atoms with Gasteiger partial charge < -0.3 is 4.90 Å². The lowest BCUT2D eigenvalue weighted by Crippen LogP contribution is -2.09. The van der Waals surface area contributed by atoms with E-state index in [1.54, 1.807) is 12.4 Å². The van der Waals surface area contributed by atoms with Crippen molar-refractivity contribution in [1.29, 1.82) is 0 Å². The van der Waals surface area contributed by atoms with Crippen LogP contribution >= 0.6 is 0 Å². The number of anilines is 3. The SMILES string of the molecule is c1ccc(-c2ccc(N(c3ccc(-c4ccccc4)cc3)c3ccc(-c4nccnc4-c4ccccc4)cc3)cc2)cc1. The molecule has 43 heavy (non-hydrogen) atoms. The molecule has 0 radical (unpaired) electrons. The van der Waals surface area contributed by atoms with Gasteiger partial charge in [-0.3, -0.25) is 9.97 Å². The van der Waals surface area contributed by atoms with Crippen LogP contribution in [-0.2, 0) is 0 Å². The summed E-state index contributed by atoms with van der Waals surface area (Å²) >= 11 is 0. The van der Waals surface area contributed by atoms with E-state index in [4.69, 9.17) is 4.98 Å². The Labute approximate surface area is 252 Å². The van der Waals surface area contributed by atoms with Crippen LogP contribution in [0.2, 0.25) is 0 Å². The number of hydrogen-bond donors (Lipinski definition) is 0. The Balaban J connectivity index is 1.27. The molecule has 7 aromatic rings. The van der Waals surface area contributed by atoms with Crippen LogP contribution in [0.1, 0.15) is 0 Å². The summed E-state index contributed by atoms with van der Waals surface area (Å²) in [5.41, 5.74) is 11.8. The number of aromatic nitrogens is 2. The molecule has 1 aromatic heterocycles. The predicted molar refractivity (Wildman–Crippen MR) is 178 cm³/mol. The minimum absolute atomic E-state index is 0.867. The van der Waals surface area contributed by atoms with E-state index in [9.17, 15) is 0 Å². The van der Waals surface area contributed by atoms with Gasteiger partial charge in [0.15, 0.2) is 0 Å². The first-order chi connectivity index (χ1) is 21.3. The molecule has 0 spiro atoms. The maximum absolute atomic E-state index is 4.72. The second-order valence-corrected chi connectivity index (χ2v) is 10.3. The van der Waals surface area contributed by atoms with Crippen molar-refractivity contribution >= 4 is 17.1 Å². The van der Waals surface area contributed by atoms with Crippen molar-refractivity contribution in [3.05, 3.63) is 176 Å². The molecule has 0 N–H and O–H groups in total. The largest absolute Gasteiger partial charge is 0.311 e. The van der Waals surface area contributed by atoms with Crippen molar-refractivity contribution in [2.75, 3.05) is 4.90 Å². The average molecular weight is 552 g/mol. The van der Waals surface area contributed by atoms with Crippen LogP contribution in [0.15, 0.2) is 176 Å². The first kappa shape index (κ1) is 26.1. The van der Waals surface area contributed by atoms with Crippen LogP contribution in [0, 0.1) is 0 Å². The van der Waals surface area contributed by atoms with E-state index in [0.717, 1.165) is 39.6 Å². The lowest BCUT2D eigenvalue weighted by atomic mass is 10.0. The maximum Gasteiger partial charge on any atom is 0.0965 e. The number of rotatable bonds is 7. The quantitative estimate of drug-likeness (QED) is 0.197. The summed E-state index contributed by atoms with van der Waals surface area (Å²) in [6, 6.07) is 57.3. The summed E-state index contributed by atoms with van der Waals surface area (Å²) in [6.07, 6.45) is 3.50.